The Morgan fingerprint density at radius 2 is 2.17 bits per heavy atom. The zero-order valence-corrected chi connectivity index (χ0v) is 15.0. The largest absolute Gasteiger partial charge is 0.493 e. The molecule has 130 valence electrons. The molecule has 0 saturated heterocycles. The van der Waals surface area contributed by atoms with E-state index in [-0.39, 0.29) is 11.9 Å². The van der Waals surface area contributed by atoms with E-state index in [1.807, 2.05) is 18.2 Å². The molecule has 0 saturated carbocycles. The molecule has 0 bridgehead atoms. The summed E-state index contributed by atoms with van der Waals surface area (Å²) in [5.41, 5.74) is 7.27. The Hall–Kier alpha value is -2.12. The van der Waals surface area contributed by atoms with Crippen molar-refractivity contribution in [2.24, 2.45) is 5.73 Å². The first-order valence-corrected chi connectivity index (χ1v) is 8.67. The van der Waals surface area contributed by atoms with Crippen LogP contribution in [0.4, 0.5) is 0 Å². The van der Waals surface area contributed by atoms with Crippen LogP contribution in [0.3, 0.4) is 0 Å². The van der Waals surface area contributed by atoms with E-state index in [2.05, 4.69) is 17.2 Å². The average Bonchev–Trinajstić information content (AvgIpc) is 3.09. The molecule has 1 aromatic heterocycles. The minimum Gasteiger partial charge on any atom is -0.493 e. The molecule has 0 aliphatic rings. The second-order valence-electron chi connectivity index (χ2n) is 5.30. The molecule has 24 heavy (non-hydrogen) atoms. The summed E-state index contributed by atoms with van der Waals surface area (Å²) in [5, 5.41) is 5.39. The predicted octanol–water partition coefficient (Wildman–Crippen LogP) is 2.89. The van der Waals surface area contributed by atoms with Crippen LogP contribution in [0.1, 0.15) is 46.9 Å². The Balaban J connectivity index is 2.04. The van der Waals surface area contributed by atoms with Gasteiger partial charge >= 0.3 is 0 Å². The highest BCUT2D eigenvalue weighted by Gasteiger charge is 2.16. The Bertz CT molecular complexity index is 687. The molecule has 6 nitrogen and oxygen atoms in total. The van der Waals surface area contributed by atoms with Crippen LogP contribution in [0.2, 0.25) is 0 Å². The van der Waals surface area contributed by atoms with Crippen LogP contribution in [0.5, 0.6) is 11.5 Å². The standard InChI is InChI=1S/C17H23N3O3S/c1-4-6-12(18)17-20-13(10-24-17)16(21)19-9-11-7-5-8-14(22-2)15(11)23-3/h5,7-8,10,12H,4,6,9,18H2,1-3H3,(H,19,21). The molecule has 1 heterocycles. The van der Waals surface area contributed by atoms with Gasteiger partial charge in [-0.15, -0.1) is 11.3 Å². The lowest BCUT2D eigenvalue weighted by atomic mass is 10.2. The van der Waals surface area contributed by atoms with Crippen molar-refractivity contribution in [2.75, 3.05) is 14.2 Å². The maximum atomic E-state index is 12.3. The molecule has 0 radical (unpaired) electrons. The van der Waals surface area contributed by atoms with Gasteiger partial charge in [-0.25, -0.2) is 4.98 Å². The van der Waals surface area contributed by atoms with Gasteiger partial charge in [-0.05, 0) is 12.5 Å². The summed E-state index contributed by atoms with van der Waals surface area (Å²) >= 11 is 1.42. The van der Waals surface area contributed by atoms with Crippen LogP contribution < -0.4 is 20.5 Å². The van der Waals surface area contributed by atoms with E-state index in [4.69, 9.17) is 15.2 Å². The minimum absolute atomic E-state index is 0.111. The molecule has 2 aromatic rings. The minimum atomic E-state index is -0.230. The van der Waals surface area contributed by atoms with Crippen molar-refractivity contribution < 1.29 is 14.3 Å². The maximum Gasteiger partial charge on any atom is 0.271 e. The molecule has 1 unspecified atom stereocenters. The zero-order valence-electron chi connectivity index (χ0n) is 14.2. The number of amides is 1. The lowest BCUT2D eigenvalue weighted by Gasteiger charge is -2.12. The van der Waals surface area contributed by atoms with Crippen LogP contribution in [0.25, 0.3) is 0 Å². The van der Waals surface area contributed by atoms with Crippen molar-refractivity contribution in [3.63, 3.8) is 0 Å². The van der Waals surface area contributed by atoms with Crippen LogP contribution in [0.15, 0.2) is 23.6 Å². The van der Waals surface area contributed by atoms with Gasteiger partial charge in [0.15, 0.2) is 11.5 Å². The summed E-state index contributed by atoms with van der Waals surface area (Å²) in [4.78, 5) is 16.6. The Morgan fingerprint density at radius 1 is 1.38 bits per heavy atom. The van der Waals surface area contributed by atoms with Crippen molar-refractivity contribution >= 4 is 17.2 Å². The number of nitrogens with zero attached hydrogens (tertiary/aromatic N) is 1. The van der Waals surface area contributed by atoms with Crippen molar-refractivity contribution in [2.45, 2.75) is 32.4 Å². The molecule has 7 heteroatoms. The Labute approximate surface area is 146 Å². The van der Waals surface area contributed by atoms with Crippen molar-refractivity contribution in [1.82, 2.24) is 10.3 Å². The highest BCUT2D eigenvalue weighted by molar-refractivity contribution is 7.09. The molecule has 1 aromatic carbocycles. The van der Waals surface area contributed by atoms with Gasteiger partial charge in [0, 0.05) is 17.5 Å². The number of methoxy groups -OCH3 is 2. The number of hydrogen-bond donors (Lipinski definition) is 2. The molecule has 2 rings (SSSR count). The topological polar surface area (TPSA) is 86.5 Å². The number of para-hydroxylation sites is 1. The number of carbonyl (C=O) groups excluding carboxylic acids is 1. The SMILES string of the molecule is CCCC(N)c1nc(C(=O)NCc2cccc(OC)c2OC)cs1. The number of hydrogen-bond acceptors (Lipinski definition) is 6. The molecule has 0 fully saturated rings. The third kappa shape index (κ3) is 4.24. The zero-order chi connectivity index (χ0) is 17.5. The lowest BCUT2D eigenvalue weighted by Crippen LogP contribution is -2.23. The van der Waals surface area contributed by atoms with E-state index in [1.54, 1.807) is 19.6 Å². The van der Waals surface area contributed by atoms with E-state index < -0.39 is 0 Å². The quantitative estimate of drug-likeness (QED) is 0.765. The van der Waals surface area contributed by atoms with Crippen LogP contribution >= 0.6 is 11.3 Å². The number of aromatic nitrogens is 1. The summed E-state index contributed by atoms with van der Waals surface area (Å²) < 4.78 is 10.6. The Kier molecular flexibility index (Phi) is 6.57. The normalized spacial score (nSPS) is 11.8. The van der Waals surface area contributed by atoms with Gasteiger partial charge in [-0.3, -0.25) is 4.79 Å². The second kappa shape index (κ2) is 8.65. The number of carbonyl (C=O) groups is 1. The van der Waals surface area contributed by atoms with Gasteiger partial charge in [0.2, 0.25) is 0 Å². The molecule has 0 aliphatic heterocycles. The van der Waals surface area contributed by atoms with Crippen molar-refractivity contribution in [1.29, 1.82) is 0 Å². The van der Waals surface area contributed by atoms with E-state index in [9.17, 15) is 4.79 Å². The monoisotopic (exact) mass is 349 g/mol. The fraction of sp³-hybridized carbons (Fsp3) is 0.412. The summed E-state index contributed by atoms with van der Waals surface area (Å²) in [6.07, 6.45) is 1.84. The number of nitrogens with one attached hydrogen (secondary N) is 1. The van der Waals surface area contributed by atoms with Gasteiger partial charge < -0.3 is 20.5 Å². The molecule has 3 N–H and O–H groups in total. The number of ether oxygens (including phenoxy) is 2. The van der Waals surface area contributed by atoms with Crippen molar-refractivity contribution in [3.8, 4) is 11.5 Å². The maximum absolute atomic E-state index is 12.3. The smallest absolute Gasteiger partial charge is 0.271 e. The fourth-order valence-corrected chi connectivity index (χ4v) is 3.19. The predicted molar refractivity (Wildman–Crippen MR) is 94.7 cm³/mol. The summed E-state index contributed by atoms with van der Waals surface area (Å²) in [6.45, 7) is 2.40. The second-order valence-corrected chi connectivity index (χ2v) is 6.19. The van der Waals surface area contributed by atoms with Crippen LogP contribution in [-0.2, 0) is 6.54 Å². The molecular formula is C17H23N3O3S. The van der Waals surface area contributed by atoms with Crippen molar-refractivity contribution in [3.05, 3.63) is 39.8 Å². The molecular weight excluding hydrogens is 326 g/mol. The summed E-state index contributed by atoms with van der Waals surface area (Å²) in [5.74, 6) is 1.01. The fourth-order valence-electron chi connectivity index (χ4n) is 2.36. The molecule has 1 amide bonds. The summed E-state index contributed by atoms with van der Waals surface area (Å²) in [6, 6.07) is 5.44. The molecule has 0 aliphatic carbocycles. The van der Waals surface area contributed by atoms with E-state index in [0.717, 1.165) is 23.4 Å². The summed E-state index contributed by atoms with van der Waals surface area (Å²) in [7, 11) is 3.15. The highest BCUT2D eigenvalue weighted by Crippen LogP contribution is 2.30. The van der Waals surface area contributed by atoms with Gasteiger partial charge in [-0.2, -0.15) is 0 Å². The van der Waals surface area contributed by atoms with E-state index >= 15 is 0 Å². The van der Waals surface area contributed by atoms with Gasteiger partial charge in [0.25, 0.3) is 5.91 Å². The van der Waals surface area contributed by atoms with Gasteiger partial charge in [0.1, 0.15) is 10.7 Å². The van der Waals surface area contributed by atoms with Gasteiger partial charge in [0.05, 0.1) is 20.3 Å². The first-order valence-electron chi connectivity index (χ1n) is 7.79. The third-order valence-corrected chi connectivity index (χ3v) is 4.57. The lowest BCUT2D eigenvalue weighted by molar-refractivity contribution is 0.0946. The number of nitrogens with two attached hydrogens (primary N) is 1. The average molecular weight is 349 g/mol. The molecule has 1 atom stereocenters. The first kappa shape index (κ1) is 18.2. The van der Waals surface area contributed by atoms with Gasteiger partial charge in [-0.1, -0.05) is 25.5 Å². The van der Waals surface area contributed by atoms with E-state index in [1.165, 1.54) is 11.3 Å². The van der Waals surface area contributed by atoms with Crippen LogP contribution in [-0.4, -0.2) is 25.1 Å². The van der Waals surface area contributed by atoms with Crippen LogP contribution in [0, 0.1) is 0 Å². The van der Waals surface area contributed by atoms with E-state index in [0.29, 0.717) is 23.7 Å². The number of thiazole rings is 1. The number of rotatable bonds is 8. The molecule has 0 spiro atoms. The number of benzene rings is 1. The first-order chi connectivity index (χ1) is 11.6. The Morgan fingerprint density at radius 3 is 2.83 bits per heavy atom. The third-order valence-electron chi connectivity index (χ3n) is 3.60. The highest BCUT2D eigenvalue weighted by atomic mass is 32.1.